The molecule has 0 radical (unpaired) electrons. The molecule has 1 aromatic heterocycles. The Morgan fingerprint density at radius 2 is 1.70 bits per heavy atom. The maximum Gasteiger partial charge on any atom is 0.318 e. The lowest BCUT2D eigenvalue weighted by molar-refractivity contribution is -0.117. The second-order valence-electron chi connectivity index (χ2n) is 6.19. The first-order valence-electron chi connectivity index (χ1n) is 8.67. The molecule has 3 rings (SSSR count). The van der Waals surface area contributed by atoms with E-state index >= 15 is 0 Å². The molecule has 2 heterocycles. The van der Waals surface area contributed by atoms with Crippen LogP contribution in [0.3, 0.4) is 0 Å². The molecule has 0 spiro atoms. The van der Waals surface area contributed by atoms with Crippen LogP contribution >= 0.6 is 0 Å². The summed E-state index contributed by atoms with van der Waals surface area (Å²) in [6.45, 7) is 3.86. The van der Waals surface area contributed by atoms with Crippen molar-refractivity contribution in [3.05, 3.63) is 48.5 Å². The molecule has 0 aliphatic carbocycles. The summed E-state index contributed by atoms with van der Waals surface area (Å²) in [4.78, 5) is 36.7. The van der Waals surface area contributed by atoms with Crippen LogP contribution in [0.5, 0.6) is 0 Å². The molecule has 1 aromatic carbocycles. The molecular formula is C18H21FN6O2. The molecule has 1 aliphatic rings. The number of amides is 3. The van der Waals surface area contributed by atoms with Gasteiger partial charge < -0.3 is 20.4 Å². The average Bonchev–Trinajstić information content (AvgIpc) is 2.70. The molecule has 0 saturated carbocycles. The van der Waals surface area contributed by atoms with E-state index in [4.69, 9.17) is 0 Å². The van der Waals surface area contributed by atoms with Gasteiger partial charge in [0.25, 0.3) is 0 Å². The molecule has 27 heavy (non-hydrogen) atoms. The van der Waals surface area contributed by atoms with Gasteiger partial charge >= 0.3 is 6.03 Å². The summed E-state index contributed by atoms with van der Waals surface area (Å²) >= 11 is 0. The lowest BCUT2D eigenvalue weighted by atomic mass is 10.2. The Morgan fingerprint density at radius 3 is 2.33 bits per heavy atom. The number of rotatable bonds is 4. The van der Waals surface area contributed by atoms with E-state index in [-0.39, 0.29) is 17.8 Å². The molecule has 9 heteroatoms. The number of hydrogen-bond acceptors (Lipinski definition) is 5. The molecule has 2 N–H and O–H groups in total. The Kier molecular flexibility index (Phi) is 5.80. The van der Waals surface area contributed by atoms with Gasteiger partial charge in [0.1, 0.15) is 11.9 Å². The second kappa shape index (κ2) is 8.43. The molecule has 0 unspecified atom stereocenters. The van der Waals surface area contributed by atoms with Gasteiger partial charge in [0.15, 0.2) is 0 Å². The zero-order chi connectivity index (χ0) is 19.2. The van der Waals surface area contributed by atoms with E-state index in [2.05, 4.69) is 20.6 Å². The number of halogens is 1. The Hall–Kier alpha value is -3.23. The van der Waals surface area contributed by atoms with Crippen molar-refractivity contribution < 1.29 is 14.0 Å². The van der Waals surface area contributed by atoms with Crippen LogP contribution in [0.15, 0.2) is 42.7 Å². The van der Waals surface area contributed by atoms with Crippen molar-refractivity contribution in [3.8, 4) is 0 Å². The summed E-state index contributed by atoms with van der Waals surface area (Å²) in [6.07, 6.45) is 3.37. The molecule has 142 valence electrons. The molecule has 0 bridgehead atoms. The minimum absolute atomic E-state index is 0.301. The number of piperazine rings is 1. The average molecular weight is 372 g/mol. The van der Waals surface area contributed by atoms with Crippen LogP contribution in [-0.2, 0) is 4.79 Å². The van der Waals surface area contributed by atoms with E-state index in [9.17, 15) is 14.0 Å². The number of benzene rings is 1. The van der Waals surface area contributed by atoms with Gasteiger partial charge in [-0.05, 0) is 37.3 Å². The van der Waals surface area contributed by atoms with Gasteiger partial charge in [0, 0.05) is 44.3 Å². The Morgan fingerprint density at radius 1 is 1.07 bits per heavy atom. The number of carbonyl (C=O) groups excluding carboxylic acids is 2. The van der Waals surface area contributed by atoms with E-state index in [1.807, 2.05) is 4.90 Å². The van der Waals surface area contributed by atoms with Crippen molar-refractivity contribution in [2.75, 3.05) is 36.4 Å². The van der Waals surface area contributed by atoms with Crippen LogP contribution in [0.25, 0.3) is 0 Å². The first-order chi connectivity index (χ1) is 13.0. The molecule has 1 atom stereocenters. The largest absolute Gasteiger partial charge is 0.337 e. The topological polar surface area (TPSA) is 90.5 Å². The zero-order valence-electron chi connectivity index (χ0n) is 14.9. The van der Waals surface area contributed by atoms with Crippen molar-refractivity contribution in [2.45, 2.75) is 13.0 Å². The highest BCUT2D eigenvalue weighted by atomic mass is 19.1. The van der Waals surface area contributed by atoms with Crippen LogP contribution in [0.1, 0.15) is 6.92 Å². The number of aromatic nitrogens is 2. The van der Waals surface area contributed by atoms with Gasteiger partial charge in [0.2, 0.25) is 11.9 Å². The Balaban J connectivity index is 1.47. The quantitative estimate of drug-likeness (QED) is 0.848. The zero-order valence-corrected chi connectivity index (χ0v) is 14.9. The van der Waals surface area contributed by atoms with Gasteiger partial charge in [-0.25, -0.2) is 19.2 Å². The fourth-order valence-electron chi connectivity index (χ4n) is 2.69. The number of nitrogens with zero attached hydrogens (tertiary/aromatic N) is 4. The van der Waals surface area contributed by atoms with E-state index in [0.717, 1.165) is 0 Å². The highest BCUT2D eigenvalue weighted by molar-refractivity contribution is 5.96. The van der Waals surface area contributed by atoms with Crippen LogP contribution in [0.2, 0.25) is 0 Å². The smallest absolute Gasteiger partial charge is 0.318 e. The molecule has 2 aromatic rings. The number of carbonyl (C=O) groups is 2. The normalized spacial score (nSPS) is 15.2. The summed E-state index contributed by atoms with van der Waals surface area (Å²) in [5.41, 5.74) is 0.471. The molecule has 1 aliphatic heterocycles. The molecule has 8 nitrogen and oxygen atoms in total. The summed E-state index contributed by atoms with van der Waals surface area (Å²) in [5.74, 6) is -0.106. The minimum Gasteiger partial charge on any atom is -0.337 e. The first-order valence-corrected chi connectivity index (χ1v) is 8.67. The predicted octanol–water partition coefficient (Wildman–Crippen LogP) is 1.47. The summed E-state index contributed by atoms with van der Waals surface area (Å²) in [5, 5.41) is 5.33. The predicted molar refractivity (Wildman–Crippen MR) is 98.8 cm³/mol. The fraction of sp³-hybridized carbons (Fsp3) is 0.333. The molecule has 1 fully saturated rings. The van der Waals surface area contributed by atoms with E-state index in [0.29, 0.717) is 37.8 Å². The number of hydrogen-bond donors (Lipinski definition) is 2. The third-order valence-corrected chi connectivity index (χ3v) is 4.25. The monoisotopic (exact) mass is 372 g/mol. The van der Waals surface area contributed by atoms with E-state index in [1.165, 1.54) is 24.3 Å². The highest BCUT2D eigenvalue weighted by Crippen LogP contribution is 2.11. The van der Waals surface area contributed by atoms with Gasteiger partial charge in [0.05, 0.1) is 0 Å². The van der Waals surface area contributed by atoms with Crippen LogP contribution in [0, 0.1) is 5.82 Å². The minimum atomic E-state index is -0.724. The van der Waals surface area contributed by atoms with Crippen LogP contribution < -0.4 is 15.5 Å². The van der Waals surface area contributed by atoms with E-state index < -0.39 is 6.04 Å². The van der Waals surface area contributed by atoms with Gasteiger partial charge in [-0.15, -0.1) is 0 Å². The van der Waals surface area contributed by atoms with Crippen molar-refractivity contribution in [3.63, 3.8) is 0 Å². The van der Waals surface area contributed by atoms with Gasteiger partial charge in [-0.1, -0.05) is 0 Å². The standard InChI is InChI=1S/C18H21FN6O2/c1-13(16(26)23-15-5-3-14(19)4-6-15)22-18(27)25-11-9-24(10-12-25)17-20-7-2-8-21-17/h2-8,13H,9-12H2,1H3,(H,22,27)(H,23,26)/t13-/m0/s1. The highest BCUT2D eigenvalue weighted by Gasteiger charge is 2.24. The van der Waals surface area contributed by atoms with Gasteiger partial charge in [-0.3, -0.25) is 4.79 Å². The van der Waals surface area contributed by atoms with Crippen molar-refractivity contribution in [1.82, 2.24) is 20.2 Å². The number of nitrogens with one attached hydrogen (secondary N) is 2. The Bertz CT molecular complexity index is 778. The lowest BCUT2D eigenvalue weighted by Crippen LogP contribution is -2.55. The van der Waals surface area contributed by atoms with Crippen LogP contribution in [0.4, 0.5) is 20.8 Å². The summed E-state index contributed by atoms with van der Waals surface area (Å²) in [7, 11) is 0. The lowest BCUT2D eigenvalue weighted by Gasteiger charge is -2.35. The number of anilines is 2. The van der Waals surface area contributed by atoms with Gasteiger partial charge in [-0.2, -0.15) is 0 Å². The third-order valence-electron chi connectivity index (χ3n) is 4.25. The Labute approximate surface area is 156 Å². The molecule has 1 saturated heterocycles. The van der Waals surface area contributed by atoms with Crippen molar-refractivity contribution in [2.24, 2.45) is 0 Å². The van der Waals surface area contributed by atoms with Crippen LogP contribution in [-0.4, -0.2) is 59.0 Å². The molecule has 3 amide bonds. The summed E-state index contributed by atoms with van der Waals surface area (Å²) < 4.78 is 12.9. The first kappa shape index (κ1) is 18.6. The van der Waals surface area contributed by atoms with Crippen molar-refractivity contribution >= 4 is 23.6 Å². The fourth-order valence-corrected chi connectivity index (χ4v) is 2.69. The van der Waals surface area contributed by atoms with E-state index in [1.54, 1.807) is 30.3 Å². The SMILES string of the molecule is C[C@H](NC(=O)N1CCN(c2ncccn2)CC1)C(=O)Nc1ccc(F)cc1. The third kappa shape index (κ3) is 4.90. The molecular weight excluding hydrogens is 351 g/mol. The summed E-state index contributed by atoms with van der Waals surface area (Å²) in [6, 6.07) is 6.18. The maximum atomic E-state index is 12.9. The maximum absolute atomic E-state index is 12.9. The van der Waals surface area contributed by atoms with Crippen molar-refractivity contribution in [1.29, 1.82) is 0 Å². The number of urea groups is 1. The second-order valence-corrected chi connectivity index (χ2v) is 6.19.